The predicted octanol–water partition coefficient (Wildman–Crippen LogP) is 4.80. The van der Waals surface area contributed by atoms with Crippen molar-refractivity contribution >= 4 is 23.2 Å². The van der Waals surface area contributed by atoms with E-state index in [0.717, 1.165) is 5.56 Å². The van der Waals surface area contributed by atoms with Gasteiger partial charge in [-0.25, -0.2) is 9.78 Å². The van der Waals surface area contributed by atoms with Crippen molar-refractivity contribution in [3.63, 3.8) is 0 Å². The molecule has 1 aliphatic rings. The second kappa shape index (κ2) is 11.8. The Kier molecular flexibility index (Phi) is 8.60. The lowest BCUT2D eigenvalue weighted by atomic mass is 9.85. The molecule has 0 aliphatic carbocycles. The monoisotopic (exact) mass is 563 g/mol. The SMILES string of the molecule is C=CCN(CC=C)C1CC(Cn2cccn2)(C(=O)O)N(C(=O)c2ccc(C(C)(C)C)c(OC)c2)C1c1nccs1. The summed E-state index contributed by atoms with van der Waals surface area (Å²) in [7, 11) is 1.57. The number of carbonyl (C=O) groups excluding carboxylic acids is 1. The van der Waals surface area contributed by atoms with E-state index in [0.29, 0.717) is 29.4 Å². The van der Waals surface area contributed by atoms with Crippen LogP contribution in [0.2, 0.25) is 0 Å². The molecular formula is C30H37N5O4S. The van der Waals surface area contributed by atoms with Gasteiger partial charge in [0.25, 0.3) is 5.91 Å². The molecule has 1 aliphatic heterocycles. The minimum Gasteiger partial charge on any atom is -0.496 e. The van der Waals surface area contributed by atoms with Crippen LogP contribution < -0.4 is 4.74 Å². The molecule has 1 aromatic carbocycles. The number of likely N-dealkylation sites (tertiary alicyclic amines) is 1. The number of amides is 1. The highest BCUT2D eigenvalue weighted by molar-refractivity contribution is 7.09. The van der Waals surface area contributed by atoms with Gasteiger partial charge in [0, 0.05) is 55.1 Å². The lowest BCUT2D eigenvalue weighted by molar-refractivity contribution is -0.150. The number of ether oxygens (including phenoxy) is 1. The molecule has 212 valence electrons. The normalized spacial score (nSPS) is 21.0. The number of nitrogens with zero attached hydrogens (tertiary/aromatic N) is 5. The van der Waals surface area contributed by atoms with Crippen LogP contribution in [0.15, 0.2) is 73.5 Å². The zero-order valence-corrected chi connectivity index (χ0v) is 24.3. The lowest BCUT2D eigenvalue weighted by Gasteiger charge is -2.38. The molecule has 2 aromatic heterocycles. The molecule has 3 atom stereocenters. The van der Waals surface area contributed by atoms with E-state index in [2.05, 4.69) is 48.9 Å². The molecule has 0 radical (unpaired) electrons. The molecule has 3 unspecified atom stereocenters. The van der Waals surface area contributed by atoms with Crippen molar-refractivity contribution in [1.82, 2.24) is 24.6 Å². The average Bonchev–Trinajstić information content (AvgIpc) is 3.68. The average molecular weight is 564 g/mol. The van der Waals surface area contributed by atoms with Crippen LogP contribution in [0.5, 0.6) is 5.75 Å². The van der Waals surface area contributed by atoms with E-state index < -0.39 is 23.5 Å². The molecule has 1 N–H and O–H groups in total. The van der Waals surface area contributed by atoms with Gasteiger partial charge in [-0.2, -0.15) is 5.10 Å². The first kappa shape index (κ1) is 29.2. The molecule has 1 fully saturated rings. The van der Waals surface area contributed by atoms with Crippen molar-refractivity contribution in [3.8, 4) is 5.75 Å². The zero-order valence-electron chi connectivity index (χ0n) is 23.5. The van der Waals surface area contributed by atoms with Gasteiger partial charge in [0.15, 0.2) is 5.54 Å². The number of carboxylic acids is 1. The van der Waals surface area contributed by atoms with Gasteiger partial charge < -0.3 is 14.7 Å². The summed E-state index contributed by atoms with van der Waals surface area (Å²) in [6.45, 7) is 15.0. The minimum absolute atomic E-state index is 0.0212. The van der Waals surface area contributed by atoms with Crippen LogP contribution in [0.25, 0.3) is 0 Å². The Balaban J connectivity index is 1.94. The maximum Gasteiger partial charge on any atom is 0.331 e. The Hall–Kier alpha value is -3.76. The maximum absolute atomic E-state index is 14.6. The van der Waals surface area contributed by atoms with Gasteiger partial charge in [-0.3, -0.25) is 14.4 Å². The van der Waals surface area contributed by atoms with Crippen LogP contribution in [0.1, 0.15) is 54.2 Å². The fourth-order valence-electron chi connectivity index (χ4n) is 5.62. The molecule has 1 amide bonds. The van der Waals surface area contributed by atoms with Crippen LogP contribution in [0.3, 0.4) is 0 Å². The third-order valence-electron chi connectivity index (χ3n) is 7.41. The molecule has 3 aromatic rings. The molecular weight excluding hydrogens is 526 g/mol. The van der Waals surface area contributed by atoms with Crippen LogP contribution in [0.4, 0.5) is 0 Å². The summed E-state index contributed by atoms with van der Waals surface area (Å²) in [5.74, 6) is -0.933. The van der Waals surface area contributed by atoms with Gasteiger partial charge in [-0.1, -0.05) is 39.0 Å². The highest BCUT2D eigenvalue weighted by Crippen LogP contribution is 2.48. The lowest BCUT2D eigenvalue weighted by Crippen LogP contribution is -2.56. The van der Waals surface area contributed by atoms with Gasteiger partial charge in [0.2, 0.25) is 0 Å². The summed E-state index contributed by atoms with van der Waals surface area (Å²) >= 11 is 1.40. The number of benzene rings is 1. The third kappa shape index (κ3) is 5.46. The summed E-state index contributed by atoms with van der Waals surface area (Å²) in [5.41, 5.74) is -0.528. The van der Waals surface area contributed by atoms with E-state index in [1.54, 1.807) is 60.7 Å². The molecule has 3 heterocycles. The van der Waals surface area contributed by atoms with Gasteiger partial charge in [0.1, 0.15) is 16.8 Å². The summed E-state index contributed by atoms with van der Waals surface area (Å²) < 4.78 is 7.26. The van der Waals surface area contributed by atoms with Crippen molar-refractivity contribution in [2.75, 3.05) is 20.2 Å². The van der Waals surface area contributed by atoms with Gasteiger partial charge in [-0.15, -0.1) is 24.5 Å². The summed E-state index contributed by atoms with van der Waals surface area (Å²) in [4.78, 5) is 36.2. The first-order valence-electron chi connectivity index (χ1n) is 13.2. The largest absolute Gasteiger partial charge is 0.496 e. The highest BCUT2D eigenvalue weighted by Gasteiger charge is 2.61. The number of methoxy groups -OCH3 is 1. The Morgan fingerprint density at radius 3 is 2.50 bits per heavy atom. The van der Waals surface area contributed by atoms with Gasteiger partial charge in [-0.05, 0) is 29.2 Å². The fraction of sp³-hybridized carbons (Fsp3) is 0.400. The number of rotatable bonds is 11. The standard InChI is InChI=1S/C30H37N5O4S/c1-7-14-33(15-8-2)23-19-30(28(37)38,20-34-16-9-12-32-34)35(25(23)26-31-13-17-40-26)27(36)21-10-11-22(29(3,4)5)24(18-21)39-6/h7-13,16-18,23,25H,1-2,14-15,19-20H2,3-6H3,(H,37,38). The fourth-order valence-corrected chi connectivity index (χ4v) is 6.40. The van der Waals surface area contributed by atoms with Crippen molar-refractivity contribution in [1.29, 1.82) is 0 Å². The van der Waals surface area contributed by atoms with Crippen molar-refractivity contribution in [2.24, 2.45) is 0 Å². The molecule has 4 rings (SSSR count). The number of hydrogen-bond donors (Lipinski definition) is 1. The van der Waals surface area contributed by atoms with Crippen LogP contribution in [-0.4, -0.2) is 73.3 Å². The Labute approximate surface area is 239 Å². The molecule has 0 bridgehead atoms. The Morgan fingerprint density at radius 2 is 1.98 bits per heavy atom. The number of aromatic nitrogens is 3. The number of aliphatic carboxylic acids is 1. The summed E-state index contributed by atoms with van der Waals surface area (Å²) in [6.07, 6.45) is 8.71. The first-order valence-corrected chi connectivity index (χ1v) is 14.0. The van der Waals surface area contributed by atoms with E-state index in [1.165, 1.54) is 16.2 Å². The number of carboxylic acid groups (broad SMARTS) is 1. The van der Waals surface area contributed by atoms with Crippen molar-refractivity contribution in [3.05, 3.63) is 89.7 Å². The minimum atomic E-state index is -1.61. The second-order valence-electron chi connectivity index (χ2n) is 11.0. The number of thiazole rings is 1. The van der Waals surface area contributed by atoms with E-state index in [1.807, 2.05) is 11.4 Å². The van der Waals surface area contributed by atoms with E-state index in [9.17, 15) is 14.7 Å². The van der Waals surface area contributed by atoms with Crippen LogP contribution in [-0.2, 0) is 16.8 Å². The second-order valence-corrected chi connectivity index (χ2v) is 11.9. The first-order chi connectivity index (χ1) is 19.1. The van der Waals surface area contributed by atoms with Gasteiger partial charge >= 0.3 is 5.97 Å². The van der Waals surface area contributed by atoms with E-state index in [-0.39, 0.29) is 24.4 Å². The molecule has 1 saturated heterocycles. The topological polar surface area (TPSA) is 101 Å². The van der Waals surface area contributed by atoms with Gasteiger partial charge in [0.05, 0.1) is 13.7 Å². The number of carbonyl (C=O) groups is 2. The smallest absolute Gasteiger partial charge is 0.331 e. The van der Waals surface area contributed by atoms with E-state index in [4.69, 9.17) is 4.74 Å². The molecule has 40 heavy (non-hydrogen) atoms. The van der Waals surface area contributed by atoms with E-state index >= 15 is 0 Å². The maximum atomic E-state index is 14.6. The van der Waals surface area contributed by atoms with Crippen molar-refractivity contribution < 1.29 is 19.4 Å². The zero-order chi connectivity index (χ0) is 29.1. The molecule has 0 saturated carbocycles. The quantitative estimate of drug-likeness (QED) is 0.335. The molecule has 9 nitrogen and oxygen atoms in total. The predicted molar refractivity (Wildman–Crippen MR) is 156 cm³/mol. The molecule has 0 spiro atoms. The van der Waals surface area contributed by atoms with Crippen LogP contribution in [0, 0.1) is 0 Å². The highest BCUT2D eigenvalue weighted by atomic mass is 32.1. The summed E-state index contributed by atoms with van der Waals surface area (Å²) in [6, 6.07) is 6.09. The Morgan fingerprint density at radius 1 is 1.25 bits per heavy atom. The molecule has 10 heteroatoms. The third-order valence-corrected chi connectivity index (χ3v) is 8.25. The number of hydrogen-bond acceptors (Lipinski definition) is 7. The van der Waals surface area contributed by atoms with Crippen molar-refractivity contribution in [2.45, 2.75) is 56.8 Å². The summed E-state index contributed by atoms with van der Waals surface area (Å²) in [5, 5.41) is 17.7. The van der Waals surface area contributed by atoms with Crippen LogP contribution >= 0.6 is 11.3 Å². The Bertz CT molecular complexity index is 1340.